The van der Waals surface area contributed by atoms with Gasteiger partial charge < -0.3 is 5.73 Å². The van der Waals surface area contributed by atoms with Crippen molar-refractivity contribution in [3.05, 3.63) is 143 Å². The van der Waals surface area contributed by atoms with Gasteiger partial charge in [0.2, 0.25) is 0 Å². The van der Waals surface area contributed by atoms with Crippen molar-refractivity contribution in [2.45, 2.75) is 24.9 Å². The van der Waals surface area contributed by atoms with Crippen molar-refractivity contribution in [3.8, 4) is 0 Å². The molecule has 0 unspecified atom stereocenters. The average molecular weight is 474 g/mol. The number of nitrogens with zero attached hydrogens (tertiary/aromatic N) is 2. The Morgan fingerprint density at radius 2 is 1.19 bits per heavy atom. The second kappa shape index (κ2) is 10.0. The third-order valence-electron chi connectivity index (χ3n) is 6.47. The number of benzene rings is 4. The van der Waals surface area contributed by atoms with Crippen molar-refractivity contribution in [1.29, 1.82) is 0 Å². The zero-order chi connectivity index (χ0) is 25.0. The van der Waals surface area contributed by atoms with Crippen LogP contribution in [0.3, 0.4) is 0 Å². The van der Waals surface area contributed by atoms with Crippen LogP contribution in [0.2, 0.25) is 0 Å². The van der Waals surface area contributed by atoms with Gasteiger partial charge in [-0.05, 0) is 27.8 Å². The van der Waals surface area contributed by atoms with Gasteiger partial charge in [-0.2, -0.15) is 0 Å². The van der Waals surface area contributed by atoms with Crippen LogP contribution >= 0.6 is 0 Å². The van der Waals surface area contributed by atoms with Gasteiger partial charge >= 0.3 is 0 Å². The summed E-state index contributed by atoms with van der Waals surface area (Å²) in [5, 5.41) is 0. The highest BCUT2D eigenvalue weighted by Crippen LogP contribution is 2.39. The Labute approximate surface area is 210 Å². The van der Waals surface area contributed by atoms with E-state index in [0.717, 1.165) is 27.8 Å². The molecular weight excluding hydrogens is 446 g/mol. The minimum atomic E-state index is -1.23. The third kappa shape index (κ3) is 4.56. The lowest BCUT2D eigenvalue weighted by atomic mass is 9.83. The number of ketones is 1. The van der Waals surface area contributed by atoms with Gasteiger partial charge in [-0.25, -0.2) is 4.99 Å². The molecule has 178 valence electrons. The number of hydrogen-bond donors (Lipinski definition) is 1. The van der Waals surface area contributed by atoms with Crippen LogP contribution in [0.1, 0.15) is 27.8 Å². The summed E-state index contributed by atoms with van der Waals surface area (Å²) in [6.07, 6.45) is 0.726. The zero-order valence-electron chi connectivity index (χ0n) is 19.9. The molecule has 2 N–H and O–H groups in total. The summed E-state index contributed by atoms with van der Waals surface area (Å²) in [6.45, 7) is 0.274. The number of Topliss-reactive ketones (excluding diaryl/α,β-unsaturated/α-hetero) is 1. The zero-order valence-corrected chi connectivity index (χ0v) is 19.9. The van der Waals surface area contributed by atoms with Crippen LogP contribution in [0.5, 0.6) is 0 Å². The number of rotatable bonds is 8. The van der Waals surface area contributed by atoms with Crippen LogP contribution in [0, 0.1) is 0 Å². The lowest BCUT2D eigenvalue weighted by Crippen LogP contribution is -2.43. The molecule has 0 spiro atoms. The van der Waals surface area contributed by atoms with E-state index in [4.69, 9.17) is 10.7 Å². The van der Waals surface area contributed by atoms with E-state index in [1.54, 1.807) is 0 Å². The molecule has 1 amide bonds. The van der Waals surface area contributed by atoms with Crippen LogP contribution in [-0.2, 0) is 34.5 Å². The average Bonchev–Trinajstić information content (AvgIpc) is 3.16. The molecule has 5 heteroatoms. The van der Waals surface area contributed by atoms with Crippen molar-refractivity contribution >= 4 is 17.6 Å². The standard InChI is InChI=1S/C31H27N3O2/c32-30-33-31(26-15-6-2-7-16-26,27-17-8-3-9-18-27)29(36)34(30)22-25-14-10-13-24(19-25)21-28(35)20-23-11-4-1-5-12-23/h1-19H,20-22H2,(H2,32,33). The minimum absolute atomic E-state index is 0.142. The summed E-state index contributed by atoms with van der Waals surface area (Å²) >= 11 is 0. The summed E-state index contributed by atoms with van der Waals surface area (Å²) in [6, 6.07) is 36.6. The fourth-order valence-corrected chi connectivity index (χ4v) is 4.77. The molecule has 0 saturated carbocycles. The first kappa shape index (κ1) is 23.2. The van der Waals surface area contributed by atoms with Crippen LogP contribution < -0.4 is 5.73 Å². The second-order valence-electron chi connectivity index (χ2n) is 9.00. The normalized spacial score (nSPS) is 14.5. The van der Waals surface area contributed by atoms with Gasteiger partial charge in [0, 0.05) is 12.8 Å². The van der Waals surface area contributed by atoms with Crippen molar-refractivity contribution in [3.63, 3.8) is 0 Å². The topological polar surface area (TPSA) is 75.8 Å². The molecule has 0 fully saturated rings. The van der Waals surface area contributed by atoms with E-state index in [1.807, 2.05) is 115 Å². The summed E-state index contributed by atoms with van der Waals surface area (Å²) < 4.78 is 0. The number of guanidine groups is 1. The van der Waals surface area contributed by atoms with E-state index in [0.29, 0.717) is 12.8 Å². The van der Waals surface area contributed by atoms with E-state index in [1.165, 1.54) is 4.90 Å². The van der Waals surface area contributed by atoms with Gasteiger partial charge in [-0.3, -0.25) is 14.5 Å². The summed E-state index contributed by atoms with van der Waals surface area (Å²) in [4.78, 5) is 32.9. The largest absolute Gasteiger partial charge is 0.369 e. The Morgan fingerprint density at radius 3 is 1.81 bits per heavy atom. The minimum Gasteiger partial charge on any atom is -0.369 e. The summed E-state index contributed by atoms with van der Waals surface area (Å²) in [7, 11) is 0. The molecule has 1 aliphatic rings. The van der Waals surface area contributed by atoms with Gasteiger partial charge in [0.05, 0.1) is 6.54 Å². The van der Waals surface area contributed by atoms with E-state index < -0.39 is 5.54 Å². The first-order chi connectivity index (χ1) is 17.6. The number of hydrogen-bond acceptors (Lipinski definition) is 4. The smallest absolute Gasteiger partial charge is 0.266 e. The first-order valence-electron chi connectivity index (χ1n) is 12.0. The number of nitrogens with two attached hydrogens (primary N) is 1. The molecule has 5 nitrogen and oxygen atoms in total. The summed E-state index contributed by atoms with van der Waals surface area (Å²) in [5.74, 6) is 0.130. The first-order valence-corrected chi connectivity index (χ1v) is 12.0. The fraction of sp³-hybridized carbons (Fsp3) is 0.129. The Hall–Kier alpha value is -4.51. The predicted molar refractivity (Wildman–Crippen MR) is 141 cm³/mol. The second-order valence-corrected chi connectivity index (χ2v) is 9.00. The number of carbonyl (C=O) groups is 2. The highest BCUT2D eigenvalue weighted by molar-refractivity contribution is 6.09. The highest BCUT2D eigenvalue weighted by atomic mass is 16.2. The van der Waals surface area contributed by atoms with Gasteiger partial charge in [-0.15, -0.1) is 0 Å². The molecule has 0 radical (unpaired) electrons. The molecule has 4 aromatic rings. The molecule has 0 aromatic heterocycles. The third-order valence-corrected chi connectivity index (χ3v) is 6.47. The van der Waals surface area contributed by atoms with Gasteiger partial charge in [-0.1, -0.05) is 115 Å². The molecule has 36 heavy (non-hydrogen) atoms. The number of amides is 1. The van der Waals surface area contributed by atoms with Crippen molar-refractivity contribution in [2.24, 2.45) is 10.7 Å². The molecule has 5 rings (SSSR count). The van der Waals surface area contributed by atoms with Crippen molar-refractivity contribution < 1.29 is 9.59 Å². The monoisotopic (exact) mass is 473 g/mol. The number of aliphatic imine (C=N–C) groups is 1. The maximum atomic E-state index is 14.0. The van der Waals surface area contributed by atoms with E-state index in [9.17, 15) is 9.59 Å². The van der Waals surface area contributed by atoms with Gasteiger partial charge in [0.1, 0.15) is 5.78 Å². The quantitative estimate of drug-likeness (QED) is 0.405. The Kier molecular flexibility index (Phi) is 6.46. The predicted octanol–water partition coefficient (Wildman–Crippen LogP) is 4.64. The van der Waals surface area contributed by atoms with E-state index in [-0.39, 0.29) is 24.2 Å². The molecule has 1 heterocycles. The van der Waals surface area contributed by atoms with Crippen LogP contribution in [0.15, 0.2) is 120 Å². The molecule has 1 aliphatic heterocycles. The van der Waals surface area contributed by atoms with Crippen LogP contribution in [0.4, 0.5) is 0 Å². The van der Waals surface area contributed by atoms with Crippen LogP contribution in [0.25, 0.3) is 0 Å². The SMILES string of the molecule is NC1=NC(c2ccccc2)(c2ccccc2)C(=O)N1Cc1cccc(CC(=O)Cc2ccccc2)c1. The van der Waals surface area contributed by atoms with Crippen molar-refractivity contribution in [2.75, 3.05) is 0 Å². The maximum absolute atomic E-state index is 14.0. The number of carbonyl (C=O) groups excluding carboxylic acids is 2. The van der Waals surface area contributed by atoms with E-state index >= 15 is 0 Å². The summed E-state index contributed by atoms with van der Waals surface area (Å²) in [5.41, 5.74) is 9.49. The highest BCUT2D eigenvalue weighted by Gasteiger charge is 2.50. The molecule has 0 bridgehead atoms. The lowest BCUT2D eigenvalue weighted by Gasteiger charge is -2.27. The van der Waals surface area contributed by atoms with Crippen molar-refractivity contribution in [1.82, 2.24) is 4.90 Å². The molecule has 4 aromatic carbocycles. The Morgan fingerprint density at radius 1 is 0.694 bits per heavy atom. The lowest BCUT2D eigenvalue weighted by molar-refractivity contribution is -0.130. The Balaban J connectivity index is 1.39. The maximum Gasteiger partial charge on any atom is 0.266 e. The molecule has 0 atom stereocenters. The van der Waals surface area contributed by atoms with Gasteiger partial charge in [0.15, 0.2) is 11.5 Å². The molecule has 0 aliphatic carbocycles. The fourth-order valence-electron chi connectivity index (χ4n) is 4.77. The van der Waals surface area contributed by atoms with E-state index in [2.05, 4.69) is 0 Å². The van der Waals surface area contributed by atoms with Gasteiger partial charge in [0.25, 0.3) is 5.91 Å². The molecular formula is C31H27N3O2. The Bertz CT molecular complexity index is 1360. The van der Waals surface area contributed by atoms with Crippen LogP contribution in [-0.4, -0.2) is 22.5 Å². The molecule has 0 saturated heterocycles.